The van der Waals surface area contributed by atoms with E-state index in [-0.39, 0.29) is 17.6 Å². The van der Waals surface area contributed by atoms with Crippen molar-refractivity contribution in [3.8, 4) is 0 Å². The Morgan fingerprint density at radius 3 is 2.23 bits per heavy atom. The van der Waals surface area contributed by atoms with E-state index in [0.717, 1.165) is 18.4 Å². The second kappa shape index (κ2) is 9.71. The maximum absolute atomic E-state index is 13.0. The first-order valence-electron chi connectivity index (χ1n) is 10.4. The van der Waals surface area contributed by atoms with Gasteiger partial charge >= 0.3 is 0 Å². The van der Waals surface area contributed by atoms with E-state index in [9.17, 15) is 17.6 Å². The topological polar surface area (TPSA) is 66.5 Å². The maximum atomic E-state index is 13.0. The molecule has 1 fully saturated rings. The molecule has 1 saturated heterocycles. The standard InChI is InChI=1S/C23H29FN2O3S/c1-17(2)3-4-18-5-11-22(12-6-18)30(28,29)26-15-13-19(14-16-26)23(27)25-21-9-7-20(24)8-10-21/h5-12,17,19H,3-4,13-16H2,1-2H3,(H,25,27). The Bertz CT molecular complexity index is 949. The van der Waals surface area contributed by atoms with E-state index in [0.29, 0.717) is 42.4 Å². The number of rotatable bonds is 7. The number of halogens is 1. The number of nitrogens with zero attached hydrogens (tertiary/aromatic N) is 1. The number of sulfonamides is 1. The largest absolute Gasteiger partial charge is 0.326 e. The van der Waals surface area contributed by atoms with Gasteiger partial charge in [0.15, 0.2) is 0 Å². The molecule has 0 radical (unpaired) electrons. The van der Waals surface area contributed by atoms with Crippen molar-refractivity contribution >= 4 is 21.6 Å². The van der Waals surface area contributed by atoms with Crippen LogP contribution in [0.2, 0.25) is 0 Å². The predicted molar refractivity (Wildman–Crippen MR) is 116 cm³/mol. The van der Waals surface area contributed by atoms with Gasteiger partial charge in [0.1, 0.15) is 5.82 Å². The van der Waals surface area contributed by atoms with Gasteiger partial charge in [-0.15, -0.1) is 0 Å². The first-order chi connectivity index (χ1) is 14.3. The number of carbonyl (C=O) groups is 1. The van der Waals surface area contributed by atoms with Crippen LogP contribution in [0.5, 0.6) is 0 Å². The van der Waals surface area contributed by atoms with Gasteiger partial charge in [0.05, 0.1) is 4.90 Å². The molecule has 0 aliphatic carbocycles. The highest BCUT2D eigenvalue weighted by Gasteiger charge is 2.32. The zero-order valence-corrected chi connectivity index (χ0v) is 18.3. The molecule has 0 atom stereocenters. The van der Waals surface area contributed by atoms with Crippen LogP contribution in [0.4, 0.5) is 10.1 Å². The highest BCUT2D eigenvalue weighted by Crippen LogP contribution is 2.25. The van der Waals surface area contributed by atoms with Gasteiger partial charge in [-0.1, -0.05) is 26.0 Å². The summed E-state index contributed by atoms with van der Waals surface area (Å²) in [4.78, 5) is 12.7. The quantitative estimate of drug-likeness (QED) is 0.703. The average Bonchev–Trinajstić information content (AvgIpc) is 2.74. The zero-order chi connectivity index (χ0) is 21.7. The van der Waals surface area contributed by atoms with Crippen molar-refractivity contribution in [3.05, 3.63) is 59.9 Å². The molecule has 30 heavy (non-hydrogen) atoms. The maximum Gasteiger partial charge on any atom is 0.243 e. The smallest absolute Gasteiger partial charge is 0.243 e. The fourth-order valence-electron chi connectivity index (χ4n) is 3.57. The van der Waals surface area contributed by atoms with E-state index in [4.69, 9.17) is 0 Å². The molecule has 7 heteroatoms. The average molecular weight is 433 g/mol. The van der Waals surface area contributed by atoms with Crippen LogP contribution in [0.1, 0.15) is 38.7 Å². The van der Waals surface area contributed by atoms with Gasteiger partial charge in [0.2, 0.25) is 15.9 Å². The van der Waals surface area contributed by atoms with Crippen LogP contribution in [0.25, 0.3) is 0 Å². The molecule has 1 N–H and O–H groups in total. The number of anilines is 1. The fourth-order valence-corrected chi connectivity index (χ4v) is 5.04. The van der Waals surface area contributed by atoms with Gasteiger partial charge < -0.3 is 5.32 Å². The third kappa shape index (κ3) is 5.67. The molecular weight excluding hydrogens is 403 g/mol. The van der Waals surface area contributed by atoms with Crippen molar-refractivity contribution in [3.63, 3.8) is 0 Å². The molecule has 2 aromatic rings. The Hall–Kier alpha value is -2.25. The number of piperidine rings is 1. The normalized spacial score (nSPS) is 16.0. The summed E-state index contributed by atoms with van der Waals surface area (Å²) in [6.07, 6.45) is 2.92. The van der Waals surface area contributed by atoms with Gasteiger partial charge in [-0.3, -0.25) is 4.79 Å². The van der Waals surface area contributed by atoms with Crippen LogP contribution in [0.3, 0.4) is 0 Å². The summed E-state index contributed by atoms with van der Waals surface area (Å²) >= 11 is 0. The Labute approximate surface area is 178 Å². The minimum absolute atomic E-state index is 0.159. The first-order valence-corrected chi connectivity index (χ1v) is 11.9. The third-order valence-corrected chi connectivity index (χ3v) is 7.42. The van der Waals surface area contributed by atoms with Crippen LogP contribution in [-0.4, -0.2) is 31.7 Å². The monoisotopic (exact) mass is 432 g/mol. The van der Waals surface area contributed by atoms with Crippen LogP contribution < -0.4 is 5.32 Å². The zero-order valence-electron chi connectivity index (χ0n) is 17.5. The van der Waals surface area contributed by atoms with E-state index in [1.165, 1.54) is 28.6 Å². The summed E-state index contributed by atoms with van der Waals surface area (Å²) in [5.41, 5.74) is 1.67. The SMILES string of the molecule is CC(C)CCc1ccc(S(=O)(=O)N2CCC(C(=O)Nc3ccc(F)cc3)CC2)cc1. The lowest BCUT2D eigenvalue weighted by Gasteiger charge is -2.30. The van der Waals surface area contributed by atoms with Crippen molar-refractivity contribution < 1.29 is 17.6 Å². The lowest BCUT2D eigenvalue weighted by atomic mass is 9.97. The van der Waals surface area contributed by atoms with Crippen molar-refractivity contribution in [2.24, 2.45) is 11.8 Å². The number of amides is 1. The molecule has 2 aromatic carbocycles. The summed E-state index contributed by atoms with van der Waals surface area (Å²) < 4.78 is 40.4. The number of aryl methyl sites for hydroxylation is 1. The van der Waals surface area contributed by atoms with Gasteiger partial charge in [-0.25, -0.2) is 12.8 Å². The molecule has 1 aliphatic rings. The lowest BCUT2D eigenvalue weighted by molar-refractivity contribution is -0.120. The van der Waals surface area contributed by atoms with Crippen molar-refractivity contribution in [1.82, 2.24) is 4.31 Å². The molecule has 0 spiro atoms. The summed E-state index contributed by atoms with van der Waals surface area (Å²) in [6, 6.07) is 12.7. The van der Waals surface area contributed by atoms with E-state index < -0.39 is 10.0 Å². The molecular formula is C23H29FN2O3S. The van der Waals surface area contributed by atoms with E-state index in [2.05, 4.69) is 19.2 Å². The van der Waals surface area contributed by atoms with E-state index >= 15 is 0 Å². The molecule has 0 saturated carbocycles. The number of carbonyl (C=O) groups excluding carboxylic acids is 1. The van der Waals surface area contributed by atoms with Crippen molar-refractivity contribution in [2.75, 3.05) is 18.4 Å². The van der Waals surface area contributed by atoms with Gasteiger partial charge in [0.25, 0.3) is 0 Å². The Kier molecular flexibility index (Phi) is 7.26. The van der Waals surface area contributed by atoms with Crippen molar-refractivity contribution in [1.29, 1.82) is 0 Å². The minimum Gasteiger partial charge on any atom is -0.326 e. The number of hydrogen-bond donors (Lipinski definition) is 1. The molecule has 162 valence electrons. The molecule has 5 nitrogen and oxygen atoms in total. The summed E-state index contributed by atoms with van der Waals surface area (Å²) in [5.74, 6) is -0.178. The molecule has 0 unspecified atom stereocenters. The second-order valence-corrected chi connectivity index (χ2v) is 10.2. The van der Waals surface area contributed by atoms with Crippen LogP contribution in [-0.2, 0) is 21.2 Å². The molecule has 0 aromatic heterocycles. The third-order valence-electron chi connectivity index (χ3n) is 5.51. The molecule has 1 amide bonds. The highest BCUT2D eigenvalue weighted by molar-refractivity contribution is 7.89. The Balaban J connectivity index is 1.56. The number of hydrogen-bond acceptors (Lipinski definition) is 3. The Morgan fingerprint density at radius 1 is 1.07 bits per heavy atom. The molecule has 0 bridgehead atoms. The van der Waals surface area contributed by atoms with Crippen molar-refractivity contribution in [2.45, 2.75) is 44.4 Å². The molecule has 1 aliphatic heterocycles. The fraction of sp³-hybridized carbons (Fsp3) is 0.435. The summed E-state index contributed by atoms with van der Waals surface area (Å²) in [5, 5.41) is 2.78. The van der Waals surface area contributed by atoms with Crippen LogP contribution in [0.15, 0.2) is 53.4 Å². The minimum atomic E-state index is -3.56. The molecule has 1 heterocycles. The summed E-state index contributed by atoms with van der Waals surface area (Å²) in [6.45, 7) is 4.95. The highest BCUT2D eigenvalue weighted by atomic mass is 32.2. The van der Waals surface area contributed by atoms with E-state index in [1.54, 1.807) is 12.1 Å². The second-order valence-electron chi connectivity index (χ2n) is 8.25. The number of benzene rings is 2. The van der Waals surface area contributed by atoms with Gasteiger partial charge in [0, 0.05) is 24.7 Å². The summed E-state index contributed by atoms with van der Waals surface area (Å²) in [7, 11) is -3.56. The predicted octanol–water partition coefficient (Wildman–Crippen LogP) is 4.45. The first kappa shape index (κ1) is 22.4. The van der Waals surface area contributed by atoms with E-state index in [1.807, 2.05) is 12.1 Å². The lowest BCUT2D eigenvalue weighted by Crippen LogP contribution is -2.41. The van der Waals surface area contributed by atoms with Crippen LogP contribution in [0, 0.1) is 17.7 Å². The van der Waals surface area contributed by atoms with Gasteiger partial charge in [-0.05, 0) is 73.6 Å². The molecule has 3 rings (SSSR count). The Morgan fingerprint density at radius 2 is 1.67 bits per heavy atom. The number of nitrogens with one attached hydrogen (secondary N) is 1. The van der Waals surface area contributed by atoms with Crippen LogP contribution >= 0.6 is 0 Å². The van der Waals surface area contributed by atoms with Gasteiger partial charge in [-0.2, -0.15) is 4.31 Å².